The van der Waals surface area contributed by atoms with E-state index in [0.717, 1.165) is 63.8 Å². The average Bonchev–Trinajstić information content (AvgIpc) is 3.37. The molecule has 2 aromatic carbocycles. The predicted molar refractivity (Wildman–Crippen MR) is 122 cm³/mol. The summed E-state index contributed by atoms with van der Waals surface area (Å²) in [5.74, 6) is -0.361. The van der Waals surface area contributed by atoms with Crippen molar-refractivity contribution in [2.24, 2.45) is 0 Å². The number of amides is 2. The molecule has 32 heavy (non-hydrogen) atoms. The van der Waals surface area contributed by atoms with E-state index >= 15 is 0 Å². The van der Waals surface area contributed by atoms with Gasteiger partial charge in [-0.1, -0.05) is 12.1 Å². The van der Waals surface area contributed by atoms with E-state index in [4.69, 9.17) is 0 Å². The molecule has 0 atom stereocenters. The molecule has 4 rings (SSSR count). The third kappa shape index (κ3) is 4.90. The number of hydrogen-bond acceptors (Lipinski definition) is 5. The van der Waals surface area contributed by atoms with Crippen LogP contribution < -0.4 is 10.2 Å². The number of hydrogen-bond donors (Lipinski definition) is 1. The minimum Gasteiger partial charge on any atom is -0.366 e. The summed E-state index contributed by atoms with van der Waals surface area (Å²) in [6.45, 7) is 3.39. The second kappa shape index (κ2) is 9.80. The topological polar surface area (TPSA) is 95.8 Å². The van der Waals surface area contributed by atoms with Gasteiger partial charge in [0, 0.05) is 49.9 Å². The summed E-state index contributed by atoms with van der Waals surface area (Å²) in [5, 5.41) is 14.4. The Bertz CT molecular complexity index is 1010. The number of likely N-dealkylation sites (tertiary alicyclic amines) is 1. The van der Waals surface area contributed by atoms with Crippen LogP contribution in [0.25, 0.3) is 0 Å². The summed E-state index contributed by atoms with van der Waals surface area (Å²) in [7, 11) is 0. The Kier molecular flexibility index (Phi) is 6.68. The van der Waals surface area contributed by atoms with Gasteiger partial charge in [-0.15, -0.1) is 0 Å². The van der Waals surface area contributed by atoms with Crippen molar-refractivity contribution in [3.8, 4) is 0 Å². The fourth-order valence-electron chi connectivity index (χ4n) is 4.41. The lowest BCUT2D eigenvalue weighted by atomic mass is 10.1. The van der Waals surface area contributed by atoms with Crippen molar-refractivity contribution >= 4 is 23.2 Å². The lowest BCUT2D eigenvalue weighted by Gasteiger charge is -2.26. The van der Waals surface area contributed by atoms with E-state index in [2.05, 4.69) is 5.32 Å². The Morgan fingerprint density at radius 1 is 0.906 bits per heavy atom. The molecule has 0 saturated carbocycles. The van der Waals surface area contributed by atoms with E-state index < -0.39 is 4.92 Å². The summed E-state index contributed by atoms with van der Waals surface area (Å²) in [6.07, 6.45) is 5.25. The Labute approximate surface area is 187 Å². The zero-order valence-corrected chi connectivity index (χ0v) is 18.1. The molecule has 2 saturated heterocycles. The number of piperidine rings is 1. The van der Waals surface area contributed by atoms with Crippen LogP contribution in [0, 0.1) is 10.1 Å². The van der Waals surface area contributed by atoms with Crippen LogP contribution in [0.15, 0.2) is 42.5 Å². The lowest BCUT2D eigenvalue weighted by molar-refractivity contribution is -0.384. The molecule has 2 heterocycles. The molecule has 8 heteroatoms. The highest BCUT2D eigenvalue weighted by Crippen LogP contribution is 2.31. The smallest absolute Gasteiger partial charge is 0.293 e. The molecule has 8 nitrogen and oxygen atoms in total. The van der Waals surface area contributed by atoms with Crippen molar-refractivity contribution in [1.29, 1.82) is 0 Å². The quantitative estimate of drug-likeness (QED) is 0.550. The molecule has 0 unspecified atom stereocenters. The molecule has 2 amide bonds. The van der Waals surface area contributed by atoms with Gasteiger partial charge in [-0.2, -0.15) is 0 Å². The molecule has 1 N–H and O–H groups in total. The number of anilines is 1. The standard InChI is InChI=1S/C24H28N4O4/c29-23(19-9-10-21(22(16-19)28(31)32)26-11-4-5-12-26)25-17-18-7-6-8-20(15-18)24(30)27-13-2-1-3-14-27/h6-10,15-16H,1-5,11-14,17H2,(H,25,29). The highest BCUT2D eigenvalue weighted by molar-refractivity contribution is 5.96. The Morgan fingerprint density at radius 2 is 1.62 bits per heavy atom. The van der Waals surface area contributed by atoms with E-state index in [9.17, 15) is 19.7 Å². The number of nitro benzene ring substituents is 1. The highest BCUT2D eigenvalue weighted by atomic mass is 16.6. The second-order valence-electron chi connectivity index (χ2n) is 8.39. The molecule has 2 aromatic rings. The van der Waals surface area contributed by atoms with Crippen molar-refractivity contribution in [3.05, 3.63) is 69.3 Å². The number of nitrogens with one attached hydrogen (secondary N) is 1. The van der Waals surface area contributed by atoms with Crippen LogP contribution in [0.4, 0.5) is 11.4 Å². The minimum absolute atomic E-state index is 0.0194. The molecule has 2 aliphatic rings. The van der Waals surface area contributed by atoms with Crippen LogP contribution in [0.5, 0.6) is 0 Å². The first-order valence-corrected chi connectivity index (χ1v) is 11.2. The Balaban J connectivity index is 1.43. The molecule has 0 aliphatic carbocycles. The SMILES string of the molecule is O=C(NCc1cccc(C(=O)N2CCCCC2)c1)c1ccc(N2CCCC2)c([N+](=O)[O-])c1. The van der Waals surface area contributed by atoms with Gasteiger partial charge in [-0.05, 0) is 61.9 Å². The van der Waals surface area contributed by atoms with Crippen molar-refractivity contribution < 1.29 is 14.5 Å². The van der Waals surface area contributed by atoms with E-state index in [1.807, 2.05) is 21.9 Å². The largest absolute Gasteiger partial charge is 0.366 e. The maximum absolute atomic E-state index is 12.7. The number of nitrogens with zero attached hydrogens (tertiary/aromatic N) is 3. The van der Waals surface area contributed by atoms with Crippen LogP contribution in [0.3, 0.4) is 0 Å². The monoisotopic (exact) mass is 436 g/mol. The normalized spacial score (nSPS) is 16.1. The molecular formula is C24H28N4O4. The maximum atomic E-state index is 12.7. The second-order valence-corrected chi connectivity index (χ2v) is 8.39. The van der Waals surface area contributed by atoms with Gasteiger partial charge in [0.2, 0.25) is 0 Å². The summed E-state index contributed by atoms with van der Waals surface area (Å²) in [6, 6.07) is 11.9. The van der Waals surface area contributed by atoms with E-state index in [0.29, 0.717) is 11.3 Å². The van der Waals surface area contributed by atoms with Gasteiger partial charge in [0.15, 0.2) is 0 Å². The number of carbonyl (C=O) groups excluding carboxylic acids is 2. The molecule has 0 radical (unpaired) electrons. The van der Waals surface area contributed by atoms with Gasteiger partial charge in [0.25, 0.3) is 17.5 Å². The van der Waals surface area contributed by atoms with Crippen molar-refractivity contribution in [2.75, 3.05) is 31.1 Å². The lowest BCUT2D eigenvalue weighted by Crippen LogP contribution is -2.35. The van der Waals surface area contributed by atoms with Crippen molar-refractivity contribution in [1.82, 2.24) is 10.2 Å². The zero-order chi connectivity index (χ0) is 22.5. The Morgan fingerprint density at radius 3 is 2.34 bits per heavy atom. The number of nitro groups is 1. The highest BCUT2D eigenvalue weighted by Gasteiger charge is 2.24. The molecular weight excluding hydrogens is 408 g/mol. The molecule has 0 aromatic heterocycles. The van der Waals surface area contributed by atoms with E-state index in [1.54, 1.807) is 24.3 Å². The molecule has 2 aliphatic heterocycles. The number of rotatable bonds is 6. The summed E-state index contributed by atoms with van der Waals surface area (Å²) in [4.78, 5) is 40.4. The molecule has 0 bridgehead atoms. The van der Waals surface area contributed by atoms with Crippen molar-refractivity contribution in [3.63, 3.8) is 0 Å². The van der Waals surface area contributed by atoms with Crippen LogP contribution in [-0.2, 0) is 6.54 Å². The summed E-state index contributed by atoms with van der Waals surface area (Å²) < 4.78 is 0. The third-order valence-electron chi connectivity index (χ3n) is 6.15. The number of benzene rings is 2. The zero-order valence-electron chi connectivity index (χ0n) is 18.1. The van der Waals surface area contributed by atoms with Crippen LogP contribution >= 0.6 is 0 Å². The van der Waals surface area contributed by atoms with Crippen LogP contribution in [-0.4, -0.2) is 47.8 Å². The van der Waals surface area contributed by atoms with Gasteiger partial charge < -0.3 is 15.1 Å². The third-order valence-corrected chi connectivity index (χ3v) is 6.15. The first kappa shape index (κ1) is 21.8. The van der Waals surface area contributed by atoms with Gasteiger partial charge in [-0.25, -0.2) is 0 Å². The number of carbonyl (C=O) groups is 2. The average molecular weight is 437 g/mol. The van der Waals surface area contributed by atoms with E-state index in [-0.39, 0.29) is 29.6 Å². The van der Waals surface area contributed by atoms with Gasteiger partial charge in [0.05, 0.1) is 4.92 Å². The van der Waals surface area contributed by atoms with Gasteiger partial charge in [0.1, 0.15) is 5.69 Å². The molecule has 168 valence electrons. The first-order valence-electron chi connectivity index (χ1n) is 11.2. The predicted octanol–water partition coefficient (Wildman–Crippen LogP) is 3.75. The van der Waals surface area contributed by atoms with Gasteiger partial charge in [-0.3, -0.25) is 19.7 Å². The van der Waals surface area contributed by atoms with Crippen LogP contribution in [0.1, 0.15) is 58.4 Å². The summed E-state index contributed by atoms with van der Waals surface area (Å²) in [5.41, 5.74) is 2.19. The van der Waals surface area contributed by atoms with Gasteiger partial charge >= 0.3 is 0 Å². The fourth-order valence-corrected chi connectivity index (χ4v) is 4.41. The van der Waals surface area contributed by atoms with Crippen molar-refractivity contribution in [2.45, 2.75) is 38.6 Å². The first-order chi connectivity index (χ1) is 15.5. The molecule has 2 fully saturated rings. The Hall–Kier alpha value is -3.42. The van der Waals surface area contributed by atoms with Crippen LogP contribution in [0.2, 0.25) is 0 Å². The molecule has 0 spiro atoms. The minimum atomic E-state index is -0.430. The fraction of sp³-hybridized carbons (Fsp3) is 0.417. The summed E-state index contributed by atoms with van der Waals surface area (Å²) >= 11 is 0. The maximum Gasteiger partial charge on any atom is 0.293 e. The van der Waals surface area contributed by atoms with E-state index in [1.165, 1.54) is 6.07 Å².